The first-order valence-corrected chi connectivity index (χ1v) is 7.88. The van der Waals surface area contributed by atoms with E-state index in [0.29, 0.717) is 0 Å². The van der Waals surface area contributed by atoms with Gasteiger partial charge in [0.2, 0.25) is 0 Å². The smallest absolute Gasteiger partial charge is 0.0224 e. The van der Waals surface area contributed by atoms with Crippen molar-refractivity contribution in [2.45, 2.75) is 6.42 Å². The molecule has 0 amide bonds. The van der Waals surface area contributed by atoms with Crippen LogP contribution in [0.1, 0.15) is 11.1 Å². The fourth-order valence-electron chi connectivity index (χ4n) is 2.28. The molecule has 0 bridgehead atoms. The molecule has 0 saturated heterocycles. The van der Waals surface area contributed by atoms with Crippen LogP contribution in [0.3, 0.4) is 0 Å². The van der Waals surface area contributed by atoms with E-state index in [1.807, 2.05) is 21.6 Å². The normalized spacial score (nSPS) is 13.9. The highest BCUT2D eigenvalue weighted by Crippen LogP contribution is 2.42. The Bertz CT molecular complexity index is 565. The first kappa shape index (κ1) is 10.3. The Hall–Kier alpha value is -0.860. The van der Waals surface area contributed by atoms with E-state index < -0.39 is 0 Å². The minimum absolute atomic E-state index is 1.07. The molecule has 0 aliphatic heterocycles. The molecule has 80 valence electrons. The highest BCUT2D eigenvalue weighted by molar-refractivity contribution is 8.79. The van der Waals surface area contributed by atoms with Gasteiger partial charge < -0.3 is 0 Å². The van der Waals surface area contributed by atoms with Crippen LogP contribution in [0.5, 0.6) is 0 Å². The van der Waals surface area contributed by atoms with Gasteiger partial charge in [-0.05, 0) is 34.6 Å². The highest BCUT2D eigenvalue weighted by Gasteiger charge is 2.14. The first-order chi connectivity index (χ1) is 7.90. The lowest BCUT2D eigenvalue weighted by Crippen LogP contribution is -1.95. The van der Waals surface area contributed by atoms with Crippen molar-refractivity contribution in [3.05, 3.63) is 53.6 Å². The summed E-state index contributed by atoms with van der Waals surface area (Å²) in [5.74, 6) is 0. The molecule has 2 aromatic carbocycles. The van der Waals surface area contributed by atoms with Crippen LogP contribution in [0, 0.1) is 0 Å². The van der Waals surface area contributed by atoms with Crippen molar-refractivity contribution in [2.24, 2.45) is 0 Å². The lowest BCUT2D eigenvalue weighted by molar-refractivity contribution is 1.29. The molecule has 1 aliphatic rings. The van der Waals surface area contributed by atoms with Gasteiger partial charge in [0.05, 0.1) is 0 Å². The summed E-state index contributed by atoms with van der Waals surface area (Å²) in [4.78, 5) is 1.41. The fourth-order valence-corrected chi connectivity index (χ4v) is 3.88. The second kappa shape index (κ2) is 4.19. The summed E-state index contributed by atoms with van der Waals surface area (Å²) in [5, 5.41) is 2.81. The molecule has 0 spiro atoms. The van der Waals surface area contributed by atoms with Crippen LogP contribution in [0.4, 0.5) is 0 Å². The third-order valence-corrected chi connectivity index (χ3v) is 4.71. The largest absolute Gasteiger partial charge is 0.0924 e. The standard InChI is InChI=1S/C14H12S2/c1-15-16-13-9-8-11-5-2-4-10-6-3-7-12(13)14(10)11/h2-7,9H,8H2,1H3. The SMILES string of the molecule is CSSC1=CCc2cccc3cccc1c23. The predicted molar refractivity (Wildman–Crippen MR) is 76.7 cm³/mol. The van der Waals surface area contributed by atoms with E-state index in [4.69, 9.17) is 0 Å². The molecule has 3 rings (SSSR count). The summed E-state index contributed by atoms with van der Waals surface area (Å²) < 4.78 is 0. The van der Waals surface area contributed by atoms with Crippen LogP contribution >= 0.6 is 21.6 Å². The van der Waals surface area contributed by atoms with Crippen LogP contribution in [-0.2, 0) is 6.42 Å². The predicted octanol–water partition coefficient (Wildman–Crippen LogP) is 4.75. The Morgan fingerprint density at radius 3 is 2.69 bits per heavy atom. The average Bonchev–Trinajstić information content (AvgIpc) is 2.33. The molecule has 0 atom stereocenters. The van der Waals surface area contributed by atoms with Gasteiger partial charge >= 0.3 is 0 Å². The Morgan fingerprint density at radius 2 is 1.88 bits per heavy atom. The van der Waals surface area contributed by atoms with Crippen LogP contribution in [-0.4, -0.2) is 6.26 Å². The monoisotopic (exact) mass is 244 g/mol. The van der Waals surface area contributed by atoms with Gasteiger partial charge in [-0.1, -0.05) is 64.1 Å². The molecule has 0 radical (unpaired) electrons. The molecule has 0 N–H and O–H groups in total. The van der Waals surface area contributed by atoms with E-state index >= 15 is 0 Å². The summed E-state index contributed by atoms with van der Waals surface area (Å²) in [5.41, 5.74) is 2.86. The number of hydrogen-bond acceptors (Lipinski definition) is 2. The van der Waals surface area contributed by atoms with E-state index in [1.54, 1.807) is 0 Å². The van der Waals surface area contributed by atoms with Gasteiger partial charge in [0.15, 0.2) is 0 Å². The summed E-state index contributed by atoms with van der Waals surface area (Å²) in [6, 6.07) is 13.2. The Balaban J connectivity index is 2.28. The van der Waals surface area contributed by atoms with E-state index in [9.17, 15) is 0 Å². The van der Waals surface area contributed by atoms with Gasteiger partial charge in [-0.25, -0.2) is 0 Å². The number of allylic oxidation sites excluding steroid dienone is 1. The van der Waals surface area contributed by atoms with Gasteiger partial charge in [0.1, 0.15) is 0 Å². The molecular formula is C14H12S2. The quantitative estimate of drug-likeness (QED) is 0.699. The Morgan fingerprint density at radius 1 is 1.06 bits per heavy atom. The van der Waals surface area contributed by atoms with Gasteiger partial charge in [0, 0.05) is 4.91 Å². The molecular weight excluding hydrogens is 232 g/mol. The zero-order valence-electron chi connectivity index (χ0n) is 9.07. The third-order valence-electron chi connectivity index (χ3n) is 2.94. The minimum Gasteiger partial charge on any atom is -0.0924 e. The van der Waals surface area contributed by atoms with Crippen LogP contribution in [0.25, 0.3) is 15.7 Å². The van der Waals surface area contributed by atoms with Gasteiger partial charge in [-0.15, -0.1) is 0 Å². The molecule has 0 nitrogen and oxygen atoms in total. The maximum absolute atomic E-state index is 2.35. The summed E-state index contributed by atoms with van der Waals surface area (Å²) in [6.45, 7) is 0. The van der Waals surface area contributed by atoms with Crippen LogP contribution < -0.4 is 0 Å². The lowest BCUT2D eigenvalue weighted by atomic mass is 9.93. The van der Waals surface area contributed by atoms with Crippen molar-refractivity contribution in [3.63, 3.8) is 0 Å². The Labute approximate surface area is 104 Å². The van der Waals surface area contributed by atoms with Crippen LogP contribution in [0.15, 0.2) is 42.5 Å². The van der Waals surface area contributed by atoms with E-state index in [-0.39, 0.29) is 0 Å². The third kappa shape index (κ3) is 1.57. The lowest BCUT2D eigenvalue weighted by Gasteiger charge is -2.17. The second-order valence-electron chi connectivity index (χ2n) is 3.84. The van der Waals surface area contributed by atoms with Gasteiger partial charge in [-0.2, -0.15) is 0 Å². The maximum Gasteiger partial charge on any atom is 0.0224 e. The summed E-state index contributed by atoms with van der Waals surface area (Å²) in [6.07, 6.45) is 5.54. The molecule has 2 aromatic rings. The van der Waals surface area contributed by atoms with Gasteiger partial charge in [-0.3, -0.25) is 0 Å². The first-order valence-electron chi connectivity index (χ1n) is 5.32. The second-order valence-corrected chi connectivity index (χ2v) is 6.28. The van der Waals surface area contributed by atoms with Crippen molar-refractivity contribution in [2.75, 3.05) is 6.26 Å². The fraction of sp³-hybridized carbons (Fsp3) is 0.143. The number of rotatable bonds is 2. The molecule has 0 fully saturated rings. The minimum atomic E-state index is 1.07. The van der Waals surface area contributed by atoms with E-state index in [1.165, 1.54) is 26.8 Å². The molecule has 0 heterocycles. The molecule has 1 aliphatic carbocycles. The molecule has 0 saturated carbocycles. The van der Waals surface area contributed by atoms with Gasteiger partial charge in [0.25, 0.3) is 0 Å². The Kier molecular flexibility index (Phi) is 2.70. The number of benzene rings is 2. The zero-order chi connectivity index (χ0) is 11.0. The number of hydrogen-bond donors (Lipinski definition) is 0. The molecule has 16 heavy (non-hydrogen) atoms. The average molecular weight is 244 g/mol. The topological polar surface area (TPSA) is 0 Å². The van der Waals surface area contributed by atoms with Crippen molar-refractivity contribution in [3.8, 4) is 0 Å². The maximum atomic E-state index is 2.35. The van der Waals surface area contributed by atoms with Crippen LogP contribution in [0.2, 0.25) is 0 Å². The molecule has 0 unspecified atom stereocenters. The van der Waals surface area contributed by atoms with E-state index in [0.717, 1.165) is 6.42 Å². The highest BCUT2D eigenvalue weighted by atomic mass is 33.1. The van der Waals surface area contributed by atoms with E-state index in [2.05, 4.69) is 48.7 Å². The summed E-state index contributed by atoms with van der Waals surface area (Å²) >= 11 is 0. The van der Waals surface area contributed by atoms with Crippen molar-refractivity contribution < 1.29 is 0 Å². The van der Waals surface area contributed by atoms with Crippen molar-refractivity contribution in [1.82, 2.24) is 0 Å². The molecule has 0 aromatic heterocycles. The molecule has 2 heteroatoms. The van der Waals surface area contributed by atoms with Crippen molar-refractivity contribution in [1.29, 1.82) is 0 Å². The zero-order valence-corrected chi connectivity index (χ0v) is 10.7. The van der Waals surface area contributed by atoms with Crippen molar-refractivity contribution >= 4 is 37.3 Å². The summed E-state index contributed by atoms with van der Waals surface area (Å²) in [7, 11) is 3.68.